The number of aromatic nitrogens is 3. The summed E-state index contributed by atoms with van der Waals surface area (Å²) in [4.78, 5) is 0. The standard InChI is InChI=1S/C15H12N4O2S/c20-12-7-6-10(8-13(12)21)9-16-19-14(17-18-15(19)22)11-4-2-1-3-5-11/h1-9,20-21H,(H,18,22)/b16-9-. The third-order valence-corrected chi connectivity index (χ3v) is 3.27. The Balaban J connectivity index is 1.99. The predicted octanol–water partition coefficient (Wildman–Crippen LogP) is 2.90. The molecule has 0 spiro atoms. The van der Waals surface area contributed by atoms with E-state index in [4.69, 9.17) is 12.2 Å². The van der Waals surface area contributed by atoms with Crippen molar-refractivity contribution < 1.29 is 10.2 Å². The Bertz CT molecular complexity index is 884. The molecule has 0 atom stereocenters. The molecular formula is C15H12N4O2S. The summed E-state index contributed by atoms with van der Waals surface area (Å²) in [6.45, 7) is 0. The molecule has 1 aromatic heterocycles. The number of nitrogens with zero attached hydrogens (tertiary/aromatic N) is 3. The highest BCUT2D eigenvalue weighted by molar-refractivity contribution is 7.71. The quantitative estimate of drug-likeness (QED) is 0.394. The van der Waals surface area contributed by atoms with Crippen molar-refractivity contribution in [2.75, 3.05) is 0 Å². The van der Waals surface area contributed by atoms with Crippen LogP contribution in [0.2, 0.25) is 0 Å². The number of phenols is 2. The van der Waals surface area contributed by atoms with Crippen LogP contribution >= 0.6 is 12.2 Å². The second-order valence-corrected chi connectivity index (χ2v) is 4.91. The van der Waals surface area contributed by atoms with Gasteiger partial charge in [0, 0.05) is 5.56 Å². The molecule has 110 valence electrons. The van der Waals surface area contributed by atoms with Gasteiger partial charge in [-0.1, -0.05) is 30.3 Å². The maximum atomic E-state index is 9.49. The number of benzene rings is 2. The summed E-state index contributed by atoms with van der Waals surface area (Å²) in [5, 5.41) is 30.0. The fourth-order valence-corrected chi connectivity index (χ4v) is 2.10. The Morgan fingerprint density at radius 2 is 1.86 bits per heavy atom. The van der Waals surface area contributed by atoms with Gasteiger partial charge in [-0.2, -0.15) is 14.9 Å². The SMILES string of the molecule is Oc1ccc(/C=N\n2c(-c3ccccc3)n[nH]c2=S)cc1O. The molecule has 7 heteroatoms. The van der Waals surface area contributed by atoms with Crippen molar-refractivity contribution in [2.45, 2.75) is 0 Å². The lowest BCUT2D eigenvalue weighted by Crippen LogP contribution is -1.94. The van der Waals surface area contributed by atoms with Crippen LogP contribution in [-0.4, -0.2) is 31.3 Å². The van der Waals surface area contributed by atoms with E-state index in [-0.39, 0.29) is 11.5 Å². The van der Waals surface area contributed by atoms with E-state index in [0.29, 0.717) is 16.2 Å². The van der Waals surface area contributed by atoms with Gasteiger partial charge in [-0.15, -0.1) is 0 Å². The second-order valence-electron chi connectivity index (χ2n) is 4.52. The molecule has 0 saturated carbocycles. The van der Waals surface area contributed by atoms with Crippen LogP contribution in [0.15, 0.2) is 53.6 Å². The molecule has 0 aliphatic rings. The molecule has 0 amide bonds. The zero-order chi connectivity index (χ0) is 15.5. The molecule has 0 saturated heterocycles. The molecule has 3 rings (SSSR count). The van der Waals surface area contributed by atoms with Crippen LogP contribution in [0.1, 0.15) is 5.56 Å². The first kappa shape index (κ1) is 14.0. The summed E-state index contributed by atoms with van der Waals surface area (Å²) in [5.41, 5.74) is 1.50. The molecule has 0 unspecified atom stereocenters. The maximum absolute atomic E-state index is 9.49. The van der Waals surface area contributed by atoms with Gasteiger partial charge < -0.3 is 10.2 Å². The third-order valence-electron chi connectivity index (χ3n) is 3.00. The van der Waals surface area contributed by atoms with Crippen molar-refractivity contribution >= 4 is 18.4 Å². The fourth-order valence-electron chi connectivity index (χ4n) is 1.92. The highest BCUT2D eigenvalue weighted by Crippen LogP contribution is 2.24. The number of hydrogen-bond acceptors (Lipinski definition) is 5. The highest BCUT2D eigenvalue weighted by atomic mass is 32.1. The maximum Gasteiger partial charge on any atom is 0.216 e. The van der Waals surface area contributed by atoms with Crippen molar-refractivity contribution in [3.05, 3.63) is 58.9 Å². The van der Waals surface area contributed by atoms with Gasteiger partial charge in [0.15, 0.2) is 17.3 Å². The predicted molar refractivity (Wildman–Crippen MR) is 85.6 cm³/mol. The number of nitrogens with one attached hydrogen (secondary N) is 1. The minimum atomic E-state index is -0.206. The molecule has 2 aromatic carbocycles. The Morgan fingerprint density at radius 3 is 2.59 bits per heavy atom. The van der Waals surface area contributed by atoms with Crippen LogP contribution in [0, 0.1) is 4.77 Å². The first-order valence-electron chi connectivity index (χ1n) is 6.44. The van der Waals surface area contributed by atoms with E-state index in [1.165, 1.54) is 23.0 Å². The first-order chi connectivity index (χ1) is 10.6. The van der Waals surface area contributed by atoms with E-state index in [1.807, 2.05) is 30.3 Å². The van der Waals surface area contributed by atoms with Gasteiger partial charge in [-0.25, -0.2) is 5.10 Å². The summed E-state index contributed by atoms with van der Waals surface area (Å²) < 4.78 is 1.85. The molecule has 0 radical (unpaired) electrons. The number of aromatic amines is 1. The van der Waals surface area contributed by atoms with Crippen LogP contribution in [0.3, 0.4) is 0 Å². The molecule has 1 heterocycles. The minimum Gasteiger partial charge on any atom is -0.504 e. The molecular weight excluding hydrogens is 300 g/mol. The van der Waals surface area contributed by atoms with Crippen molar-refractivity contribution in [2.24, 2.45) is 5.10 Å². The van der Waals surface area contributed by atoms with Gasteiger partial charge in [0.05, 0.1) is 6.21 Å². The molecule has 22 heavy (non-hydrogen) atoms. The van der Waals surface area contributed by atoms with E-state index in [2.05, 4.69) is 15.3 Å². The summed E-state index contributed by atoms with van der Waals surface area (Å²) in [6.07, 6.45) is 1.52. The molecule has 0 bridgehead atoms. The van der Waals surface area contributed by atoms with Crippen LogP contribution < -0.4 is 0 Å². The van der Waals surface area contributed by atoms with Gasteiger partial charge in [-0.05, 0) is 36.0 Å². The monoisotopic (exact) mass is 312 g/mol. The van der Waals surface area contributed by atoms with Gasteiger partial charge in [0.2, 0.25) is 4.77 Å². The van der Waals surface area contributed by atoms with Crippen LogP contribution in [0.25, 0.3) is 11.4 Å². The van der Waals surface area contributed by atoms with Gasteiger partial charge >= 0.3 is 0 Å². The normalized spacial score (nSPS) is 11.1. The zero-order valence-corrected chi connectivity index (χ0v) is 12.2. The van der Waals surface area contributed by atoms with Gasteiger partial charge in [0.25, 0.3) is 0 Å². The molecule has 0 fully saturated rings. The minimum absolute atomic E-state index is 0.179. The summed E-state index contributed by atoms with van der Waals surface area (Å²) in [6, 6.07) is 14.0. The molecule has 3 N–H and O–H groups in total. The van der Waals surface area contributed by atoms with Gasteiger partial charge in [-0.3, -0.25) is 0 Å². The third kappa shape index (κ3) is 2.75. The van der Waals surface area contributed by atoms with Crippen molar-refractivity contribution in [3.8, 4) is 22.9 Å². The lowest BCUT2D eigenvalue weighted by Gasteiger charge is -2.01. The number of H-pyrrole nitrogens is 1. The summed E-state index contributed by atoms with van der Waals surface area (Å²) in [5.74, 6) is 0.204. The van der Waals surface area contributed by atoms with Crippen molar-refractivity contribution in [1.82, 2.24) is 14.9 Å². The summed E-state index contributed by atoms with van der Waals surface area (Å²) >= 11 is 5.18. The lowest BCUT2D eigenvalue weighted by atomic mass is 10.2. The highest BCUT2D eigenvalue weighted by Gasteiger charge is 2.07. The average molecular weight is 312 g/mol. The van der Waals surface area contributed by atoms with E-state index < -0.39 is 0 Å². The first-order valence-corrected chi connectivity index (χ1v) is 6.85. The zero-order valence-electron chi connectivity index (χ0n) is 11.3. The van der Waals surface area contributed by atoms with E-state index in [1.54, 1.807) is 6.07 Å². The summed E-state index contributed by atoms with van der Waals surface area (Å²) in [7, 11) is 0. The van der Waals surface area contributed by atoms with E-state index in [0.717, 1.165) is 5.56 Å². The van der Waals surface area contributed by atoms with E-state index >= 15 is 0 Å². The second kappa shape index (κ2) is 5.82. The largest absolute Gasteiger partial charge is 0.504 e. The molecule has 0 aliphatic carbocycles. The Labute approximate surface area is 131 Å². The van der Waals surface area contributed by atoms with E-state index in [9.17, 15) is 10.2 Å². The topological polar surface area (TPSA) is 86.4 Å². The number of rotatable bonds is 3. The smallest absolute Gasteiger partial charge is 0.216 e. The number of hydrogen-bond donors (Lipinski definition) is 3. The van der Waals surface area contributed by atoms with Crippen molar-refractivity contribution in [1.29, 1.82) is 0 Å². The molecule has 0 aliphatic heterocycles. The Kier molecular flexibility index (Phi) is 3.71. The van der Waals surface area contributed by atoms with Crippen LogP contribution in [-0.2, 0) is 0 Å². The Hall–Kier alpha value is -2.93. The molecule has 6 nitrogen and oxygen atoms in total. The average Bonchev–Trinajstić information content (AvgIpc) is 2.90. The van der Waals surface area contributed by atoms with Crippen molar-refractivity contribution in [3.63, 3.8) is 0 Å². The van der Waals surface area contributed by atoms with Gasteiger partial charge in [0.1, 0.15) is 0 Å². The number of phenolic OH excluding ortho intramolecular Hbond substituents is 2. The lowest BCUT2D eigenvalue weighted by molar-refractivity contribution is 0.403. The van der Waals surface area contributed by atoms with Crippen LogP contribution in [0.5, 0.6) is 11.5 Å². The molecule has 3 aromatic rings. The number of aromatic hydroxyl groups is 2. The van der Waals surface area contributed by atoms with Crippen LogP contribution in [0.4, 0.5) is 0 Å². The Morgan fingerprint density at radius 1 is 1.09 bits per heavy atom. The fraction of sp³-hybridized carbons (Fsp3) is 0.